The maximum Gasteiger partial charge on any atom is 0.234 e. The second-order valence-electron chi connectivity index (χ2n) is 4.09. The van der Waals surface area contributed by atoms with Crippen LogP contribution in [0.15, 0.2) is 0 Å². The molecule has 1 amide bonds. The van der Waals surface area contributed by atoms with Crippen molar-refractivity contribution in [3.05, 3.63) is 0 Å². The van der Waals surface area contributed by atoms with Crippen molar-refractivity contribution in [1.29, 1.82) is 0 Å². The van der Waals surface area contributed by atoms with E-state index in [2.05, 4.69) is 10.6 Å². The van der Waals surface area contributed by atoms with E-state index in [1.54, 1.807) is 7.05 Å². The van der Waals surface area contributed by atoms with Crippen molar-refractivity contribution in [1.82, 2.24) is 10.6 Å². The lowest BCUT2D eigenvalue weighted by molar-refractivity contribution is -0.121. The first-order valence-corrected chi connectivity index (χ1v) is 5.30. The van der Waals surface area contributed by atoms with Crippen molar-refractivity contribution >= 4 is 5.91 Å². The van der Waals surface area contributed by atoms with Crippen molar-refractivity contribution < 1.29 is 9.90 Å². The molecule has 4 heteroatoms. The zero-order valence-electron chi connectivity index (χ0n) is 8.81. The van der Waals surface area contributed by atoms with Crippen LogP contribution in [-0.4, -0.2) is 36.8 Å². The Balaban J connectivity index is 2.24. The van der Waals surface area contributed by atoms with Crippen LogP contribution in [0.5, 0.6) is 0 Å². The van der Waals surface area contributed by atoms with E-state index >= 15 is 0 Å². The Bertz CT molecular complexity index is 189. The van der Waals surface area contributed by atoms with Gasteiger partial charge in [0.15, 0.2) is 0 Å². The fraction of sp³-hybridized carbons (Fsp3) is 0.900. The lowest BCUT2D eigenvalue weighted by atomic mass is 9.85. The van der Waals surface area contributed by atoms with Gasteiger partial charge in [-0.1, -0.05) is 19.3 Å². The third kappa shape index (κ3) is 3.64. The normalized spacial score (nSPS) is 20.4. The molecule has 0 unspecified atom stereocenters. The first kappa shape index (κ1) is 11.5. The Morgan fingerprint density at radius 1 is 1.36 bits per heavy atom. The highest BCUT2D eigenvalue weighted by Gasteiger charge is 2.29. The summed E-state index contributed by atoms with van der Waals surface area (Å²) in [5, 5.41) is 15.6. The van der Waals surface area contributed by atoms with Crippen LogP contribution in [-0.2, 0) is 4.79 Å². The summed E-state index contributed by atoms with van der Waals surface area (Å²) >= 11 is 0. The molecule has 0 spiro atoms. The van der Waals surface area contributed by atoms with E-state index in [9.17, 15) is 9.90 Å². The van der Waals surface area contributed by atoms with Gasteiger partial charge in [0.05, 0.1) is 12.1 Å². The van der Waals surface area contributed by atoms with Gasteiger partial charge in [0.1, 0.15) is 0 Å². The third-order valence-corrected chi connectivity index (χ3v) is 2.74. The molecule has 0 aromatic carbocycles. The topological polar surface area (TPSA) is 61.4 Å². The second kappa shape index (κ2) is 5.32. The molecule has 1 aliphatic rings. The van der Waals surface area contributed by atoms with Gasteiger partial charge >= 0.3 is 0 Å². The number of carbonyl (C=O) groups excluding carboxylic acids is 1. The standard InChI is InChI=1S/C10H20N2O2/c1-11-7-9(13)12-8-10(14)5-3-2-4-6-10/h11,14H,2-8H2,1H3,(H,12,13). The molecule has 0 aromatic heterocycles. The summed E-state index contributed by atoms with van der Waals surface area (Å²) in [5.74, 6) is -0.0495. The number of nitrogens with one attached hydrogen (secondary N) is 2. The number of carbonyl (C=O) groups is 1. The highest BCUT2D eigenvalue weighted by molar-refractivity contribution is 5.77. The van der Waals surface area contributed by atoms with Gasteiger partial charge in [0.2, 0.25) is 5.91 Å². The average Bonchev–Trinajstić information content (AvgIpc) is 2.17. The fourth-order valence-corrected chi connectivity index (χ4v) is 1.87. The van der Waals surface area contributed by atoms with Gasteiger partial charge in [0, 0.05) is 6.54 Å². The minimum absolute atomic E-state index is 0.0495. The van der Waals surface area contributed by atoms with E-state index in [0.29, 0.717) is 13.1 Å². The van der Waals surface area contributed by atoms with E-state index < -0.39 is 5.60 Å². The molecule has 1 aliphatic carbocycles. The summed E-state index contributed by atoms with van der Waals surface area (Å²) in [5.41, 5.74) is -0.651. The van der Waals surface area contributed by atoms with Crippen LogP contribution in [0.25, 0.3) is 0 Å². The molecule has 82 valence electrons. The number of amides is 1. The maximum absolute atomic E-state index is 11.1. The van der Waals surface area contributed by atoms with Crippen LogP contribution < -0.4 is 10.6 Å². The van der Waals surface area contributed by atoms with Crippen LogP contribution in [0.4, 0.5) is 0 Å². The zero-order valence-corrected chi connectivity index (χ0v) is 8.81. The Morgan fingerprint density at radius 2 is 2.00 bits per heavy atom. The monoisotopic (exact) mass is 200 g/mol. The van der Waals surface area contributed by atoms with Gasteiger partial charge in [-0.15, -0.1) is 0 Å². The molecule has 3 N–H and O–H groups in total. The number of hydrogen-bond donors (Lipinski definition) is 3. The molecule has 0 radical (unpaired) electrons. The number of aliphatic hydroxyl groups is 1. The van der Waals surface area contributed by atoms with E-state index in [1.165, 1.54) is 6.42 Å². The number of likely N-dealkylation sites (N-methyl/N-ethyl adjacent to an activating group) is 1. The SMILES string of the molecule is CNCC(=O)NCC1(O)CCCCC1. The lowest BCUT2D eigenvalue weighted by Gasteiger charge is -2.32. The fourth-order valence-electron chi connectivity index (χ4n) is 1.87. The summed E-state index contributed by atoms with van der Waals surface area (Å²) in [4.78, 5) is 11.1. The number of rotatable bonds is 4. The summed E-state index contributed by atoms with van der Waals surface area (Å²) in [6, 6.07) is 0. The molecule has 0 aliphatic heterocycles. The Labute approximate surface area is 85.1 Å². The molecule has 0 bridgehead atoms. The summed E-state index contributed by atoms with van der Waals surface area (Å²) in [6.45, 7) is 0.712. The Hall–Kier alpha value is -0.610. The first-order chi connectivity index (χ1) is 6.66. The zero-order chi connectivity index (χ0) is 10.4. The minimum Gasteiger partial charge on any atom is -0.388 e. The van der Waals surface area contributed by atoms with Crippen LogP contribution in [0.3, 0.4) is 0 Å². The van der Waals surface area contributed by atoms with Crippen LogP contribution >= 0.6 is 0 Å². The minimum atomic E-state index is -0.651. The van der Waals surface area contributed by atoms with Crippen LogP contribution in [0.1, 0.15) is 32.1 Å². The summed E-state index contributed by atoms with van der Waals surface area (Å²) < 4.78 is 0. The lowest BCUT2D eigenvalue weighted by Crippen LogP contribution is -2.46. The van der Waals surface area contributed by atoms with Crippen LogP contribution in [0.2, 0.25) is 0 Å². The molecule has 0 atom stereocenters. The number of hydrogen-bond acceptors (Lipinski definition) is 3. The molecule has 14 heavy (non-hydrogen) atoms. The van der Waals surface area contributed by atoms with E-state index in [1.807, 2.05) is 0 Å². The largest absolute Gasteiger partial charge is 0.388 e. The molecule has 0 aromatic rings. The molecule has 0 heterocycles. The van der Waals surface area contributed by atoms with Gasteiger partial charge in [-0.05, 0) is 19.9 Å². The predicted octanol–water partition coefficient (Wildman–Crippen LogP) is 0.0172. The third-order valence-electron chi connectivity index (χ3n) is 2.74. The van der Waals surface area contributed by atoms with Gasteiger partial charge < -0.3 is 15.7 Å². The van der Waals surface area contributed by atoms with E-state index in [0.717, 1.165) is 25.7 Å². The predicted molar refractivity (Wildman–Crippen MR) is 55.0 cm³/mol. The van der Waals surface area contributed by atoms with E-state index in [4.69, 9.17) is 0 Å². The quantitative estimate of drug-likeness (QED) is 0.599. The first-order valence-electron chi connectivity index (χ1n) is 5.30. The van der Waals surface area contributed by atoms with Crippen molar-refractivity contribution in [3.8, 4) is 0 Å². The average molecular weight is 200 g/mol. The molecule has 1 saturated carbocycles. The van der Waals surface area contributed by atoms with Crippen molar-refractivity contribution in [2.75, 3.05) is 20.1 Å². The highest BCUT2D eigenvalue weighted by Crippen LogP contribution is 2.27. The second-order valence-corrected chi connectivity index (χ2v) is 4.09. The van der Waals surface area contributed by atoms with Gasteiger partial charge in [0.25, 0.3) is 0 Å². The van der Waals surface area contributed by atoms with E-state index in [-0.39, 0.29) is 5.91 Å². The van der Waals surface area contributed by atoms with Crippen LogP contribution in [0, 0.1) is 0 Å². The molecular formula is C10H20N2O2. The summed E-state index contributed by atoms with van der Waals surface area (Å²) in [7, 11) is 1.73. The van der Waals surface area contributed by atoms with Gasteiger partial charge in [-0.25, -0.2) is 0 Å². The smallest absolute Gasteiger partial charge is 0.234 e. The Morgan fingerprint density at radius 3 is 2.57 bits per heavy atom. The van der Waals surface area contributed by atoms with Crippen molar-refractivity contribution in [2.45, 2.75) is 37.7 Å². The molecule has 4 nitrogen and oxygen atoms in total. The molecule has 0 saturated heterocycles. The molecular weight excluding hydrogens is 180 g/mol. The maximum atomic E-state index is 11.1. The molecule has 1 rings (SSSR count). The Kier molecular flexibility index (Phi) is 4.35. The van der Waals surface area contributed by atoms with Crippen molar-refractivity contribution in [2.24, 2.45) is 0 Å². The molecule has 1 fully saturated rings. The summed E-state index contributed by atoms with van der Waals surface area (Å²) in [6.07, 6.45) is 4.96. The van der Waals surface area contributed by atoms with Crippen molar-refractivity contribution in [3.63, 3.8) is 0 Å². The van der Waals surface area contributed by atoms with Gasteiger partial charge in [-0.3, -0.25) is 4.79 Å². The van der Waals surface area contributed by atoms with Gasteiger partial charge in [-0.2, -0.15) is 0 Å². The highest BCUT2D eigenvalue weighted by atomic mass is 16.3.